The molecule has 0 aliphatic rings. The van der Waals surface area contributed by atoms with Gasteiger partial charge in [-0.2, -0.15) is 5.10 Å². The van der Waals surface area contributed by atoms with E-state index in [1.54, 1.807) is 49.5 Å². The van der Waals surface area contributed by atoms with E-state index < -0.39 is 10.0 Å². The van der Waals surface area contributed by atoms with Crippen molar-refractivity contribution < 1.29 is 17.9 Å². The minimum Gasteiger partial charge on any atom is -0.495 e. The molecular weight excluding hydrogens is 464 g/mol. The third kappa shape index (κ3) is 5.70. The number of hydrogen-bond acceptors (Lipinski definition) is 5. The number of anilines is 1. The molecule has 0 unspecified atom stereocenters. The summed E-state index contributed by atoms with van der Waals surface area (Å²) < 4.78 is 35.9. The molecule has 9 heteroatoms. The largest absolute Gasteiger partial charge is 0.495 e. The van der Waals surface area contributed by atoms with Gasteiger partial charge in [0.15, 0.2) is 0 Å². The van der Waals surface area contributed by atoms with Crippen LogP contribution in [0, 0.1) is 6.92 Å². The summed E-state index contributed by atoms with van der Waals surface area (Å²) in [6.07, 6.45) is 3.60. The Labute approximate surface area is 204 Å². The van der Waals surface area contributed by atoms with Gasteiger partial charge in [0.05, 0.1) is 24.2 Å². The van der Waals surface area contributed by atoms with Crippen LogP contribution >= 0.6 is 0 Å². The molecule has 3 aromatic carbocycles. The molecule has 0 radical (unpaired) electrons. The summed E-state index contributed by atoms with van der Waals surface area (Å²) >= 11 is 0. The fourth-order valence-electron chi connectivity index (χ4n) is 3.69. The van der Waals surface area contributed by atoms with Crippen molar-refractivity contribution in [3.8, 4) is 5.75 Å². The molecule has 8 nitrogen and oxygen atoms in total. The van der Waals surface area contributed by atoms with E-state index in [2.05, 4.69) is 15.1 Å². The predicted octanol–water partition coefficient (Wildman–Crippen LogP) is 3.98. The van der Waals surface area contributed by atoms with Gasteiger partial charge >= 0.3 is 0 Å². The fraction of sp³-hybridized carbons (Fsp3) is 0.154. The van der Waals surface area contributed by atoms with E-state index in [-0.39, 0.29) is 16.4 Å². The third-order valence-electron chi connectivity index (χ3n) is 5.54. The first-order chi connectivity index (χ1) is 16.9. The molecule has 180 valence electrons. The highest BCUT2D eigenvalue weighted by Crippen LogP contribution is 2.27. The molecule has 0 atom stereocenters. The second-order valence-corrected chi connectivity index (χ2v) is 9.59. The highest BCUT2D eigenvalue weighted by atomic mass is 32.2. The number of hydrogen-bond donors (Lipinski definition) is 2. The van der Waals surface area contributed by atoms with Crippen LogP contribution in [-0.4, -0.2) is 31.2 Å². The van der Waals surface area contributed by atoms with Gasteiger partial charge in [0.1, 0.15) is 5.75 Å². The second-order valence-electron chi connectivity index (χ2n) is 7.94. The van der Waals surface area contributed by atoms with E-state index in [0.29, 0.717) is 30.1 Å². The van der Waals surface area contributed by atoms with Crippen LogP contribution in [0.3, 0.4) is 0 Å². The molecular formula is C26H26N4O4S. The topological polar surface area (TPSA) is 102 Å². The summed E-state index contributed by atoms with van der Waals surface area (Å²) in [5.74, 6) is 0.0315. The molecule has 0 aliphatic heterocycles. The van der Waals surface area contributed by atoms with Crippen LogP contribution in [0.5, 0.6) is 5.75 Å². The number of nitrogens with zero attached hydrogens (tertiary/aromatic N) is 2. The van der Waals surface area contributed by atoms with Gasteiger partial charge in [-0.15, -0.1) is 0 Å². The summed E-state index contributed by atoms with van der Waals surface area (Å²) in [5, 5.41) is 7.13. The first kappa shape index (κ1) is 24.0. The van der Waals surface area contributed by atoms with Crippen LogP contribution in [0.2, 0.25) is 0 Å². The van der Waals surface area contributed by atoms with Crippen LogP contribution in [0.15, 0.2) is 90.1 Å². The Balaban J connectivity index is 1.51. The first-order valence-electron chi connectivity index (χ1n) is 11.0. The van der Waals surface area contributed by atoms with E-state index in [4.69, 9.17) is 4.74 Å². The van der Waals surface area contributed by atoms with Crippen molar-refractivity contribution in [3.63, 3.8) is 0 Å². The van der Waals surface area contributed by atoms with E-state index >= 15 is 0 Å². The molecule has 0 fully saturated rings. The zero-order chi connectivity index (χ0) is 24.8. The number of benzene rings is 3. The predicted molar refractivity (Wildman–Crippen MR) is 134 cm³/mol. The number of aryl methyl sites for hydroxylation is 1. The molecule has 2 N–H and O–H groups in total. The number of methoxy groups -OCH3 is 1. The van der Waals surface area contributed by atoms with Crippen LogP contribution in [-0.2, 0) is 23.1 Å². The van der Waals surface area contributed by atoms with Gasteiger partial charge in [0.2, 0.25) is 0 Å². The maximum absolute atomic E-state index is 13.1. The first-order valence-corrected chi connectivity index (χ1v) is 12.4. The Morgan fingerprint density at radius 2 is 1.74 bits per heavy atom. The number of rotatable bonds is 9. The number of nitrogens with one attached hydrogen (secondary N) is 2. The molecule has 4 aromatic rings. The minimum atomic E-state index is -3.96. The Hall–Kier alpha value is -4.11. The van der Waals surface area contributed by atoms with Crippen LogP contribution < -0.4 is 14.8 Å². The summed E-state index contributed by atoms with van der Waals surface area (Å²) in [4.78, 5) is 13.0. The summed E-state index contributed by atoms with van der Waals surface area (Å²) in [7, 11) is -2.49. The number of aromatic nitrogens is 2. The third-order valence-corrected chi connectivity index (χ3v) is 7.05. The second kappa shape index (κ2) is 10.4. The maximum Gasteiger partial charge on any atom is 0.262 e. The smallest absolute Gasteiger partial charge is 0.262 e. The number of ether oxygens (including phenoxy) is 1. The van der Waals surface area contributed by atoms with Crippen molar-refractivity contribution in [2.24, 2.45) is 0 Å². The van der Waals surface area contributed by atoms with E-state index in [0.717, 1.165) is 11.1 Å². The normalized spacial score (nSPS) is 11.1. The Morgan fingerprint density at radius 1 is 1.00 bits per heavy atom. The lowest BCUT2D eigenvalue weighted by atomic mass is 10.1. The lowest BCUT2D eigenvalue weighted by molar-refractivity contribution is 0.0950. The van der Waals surface area contributed by atoms with Crippen LogP contribution in [0.25, 0.3) is 0 Å². The van der Waals surface area contributed by atoms with Crippen molar-refractivity contribution >= 4 is 21.6 Å². The van der Waals surface area contributed by atoms with Gasteiger partial charge in [0, 0.05) is 24.5 Å². The lowest BCUT2D eigenvalue weighted by Crippen LogP contribution is -2.24. The van der Waals surface area contributed by atoms with Crippen molar-refractivity contribution in [2.75, 3.05) is 11.8 Å². The van der Waals surface area contributed by atoms with Gasteiger partial charge in [-0.25, -0.2) is 8.42 Å². The van der Waals surface area contributed by atoms with E-state index in [1.807, 2.05) is 41.2 Å². The SMILES string of the molecule is COc1ccccc1NS(=O)(=O)c1cc(C(=O)NCc2ccccc2Cn2cccn2)ccc1C. The zero-order valence-corrected chi connectivity index (χ0v) is 20.2. The molecule has 0 saturated heterocycles. The Morgan fingerprint density at radius 3 is 2.49 bits per heavy atom. The number of amides is 1. The summed E-state index contributed by atoms with van der Waals surface area (Å²) in [5.41, 5.74) is 3.07. The van der Waals surface area contributed by atoms with Gasteiger partial charge in [-0.3, -0.25) is 14.2 Å². The quantitative estimate of drug-likeness (QED) is 0.370. The summed E-state index contributed by atoms with van der Waals surface area (Å²) in [6, 6.07) is 21.0. The number of carbonyl (C=O) groups excluding carboxylic acids is 1. The van der Waals surface area contributed by atoms with Gasteiger partial charge in [0.25, 0.3) is 15.9 Å². The monoisotopic (exact) mass is 490 g/mol. The average Bonchev–Trinajstić information content (AvgIpc) is 3.37. The number of carbonyl (C=O) groups is 1. The Kier molecular flexibility index (Phi) is 7.17. The molecule has 35 heavy (non-hydrogen) atoms. The van der Waals surface area contributed by atoms with Gasteiger partial charge in [-0.1, -0.05) is 42.5 Å². The molecule has 1 aromatic heterocycles. The fourth-order valence-corrected chi connectivity index (χ4v) is 5.03. The van der Waals surface area contributed by atoms with Crippen LogP contribution in [0.1, 0.15) is 27.0 Å². The van der Waals surface area contributed by atoms with Crippen molar-refractivity contribution in [3.05, 3.63) is 107 Å². The molecule has 4 rings (SSSR count). The van der Waals surface area contributed by atoms with E-state index in [9.17, 15) is 13.2 Å². The highest BCUT2D eigenvalue weighted by Gasteiger charge is 2.21. The van der Waals surface area contributed by atoms with Gasteiger partial charge in [-0.05, 0) is 53.9 Å². The molecule has 0 saturated carbocycles. The number of para-hydroxylation sites is 2. The molecule has 1 heterocycles. The average molecular weight is 491 g/mol. The van der Waals surface area contributed by atoms with Crippen molar-refractivity contribution in [2.45, 2.75) is 24.9 Å². The van der Waals surface area contributed by atoms with E-state index in [1.165, 1.54) is 13.2 Å². The number of sulfonamides is 1. The van der Waals surface area contributed by atoms with Gasteiger partial charge < -0.3 is 10.1 Å². The molecule has 1 amide bonds. The molecule has 0 bridgehead atoms. The standard InChI is InChI=1S/C26H26N4O4S/c1-19-12-13-20(16-25(19)35(32,33)29-23-10-5-6-11-24(23)34-2)26(31)27-17-21-8-3-4-9-22(21)18-30-15-7-14-28-30/h3-16,29H,17-18H2,1-2H3,(H,27,31). The minimum absolute atomic E-state index is 0.0233. The zero-order valence-electron chi connectivity index (χ0n) is 19.4. The maximum atomic E-state index is 13.1. The van der Waals surface area contributed by atoms with Crippen LogP contribution in [0.4, 0.5) is 5.69 Å². The summed E-state index contributed by atoms with van der Waals surface area (Å²) in [6.45, 7) is 2.57. The highest BCUT2D eigenvalue weighted by molar-refractivity contribution is 7.92. The lowest BCUT2D eigenvalue weighted by Gasteiger charge is -2.14. The van der Waals surface area contributed by atoms with Crippen molar-refractivity contribution in [1.82, 2.24) is 15.1 Å². The Bertz CT molecular complexity index is 1430. The van der Waals surface area contributed by atoms with Crippen molar-refractivity contribution in [1.29, 1.82) is 0 Å². The molecule has 0 spiro atoms. The molecule has 0 aliphatic carbocycles.